The minimum absolute atomic E-state index is 0.178. The third kappa shape index (κ3) is 2.14. The molecule has 0 bridgehead atoms. The van der Waals surface area contributed by atoms with Gasteiger partial charge in [-0.1, -0.05) is 6.92 Å². The summed E-state index contributed by atoms with van der Waals surface area (Å²) < 4.78 is 0. The fourth-order valence-corrected chi connectivity index (χ4v) is 4.20. The van der Waals surface area contributed by atoms with Crippen molar-refractivity contribution in [3.8, 4) is 0 Å². The molecule has 0 unspecified atom stereocenters. The van der Waals surface area contributed by atoms with E-state index in [0.717, 1.165) is 14.7 Å². The standard InChI is InChI=1S/C16H19N3O6/c1-6-9(14(23)18(3)12(6)21)11-10(15(24)19(4)16(11)25)7-5-8(20)17(2)13(7)22/h6-7,9-11H,5H2,1-4H3/t6-,7+,9-,10+,11-/m1/s1. The molecule has 9 nitrogen and oxygen atoms in total. The third-order valence-corrected chi connectivity index (χ3v) is 5.73. The molecule has 0 radical (unpaired) electrons. The molecule has 0 aromatic heterocycles. The van der Waals surface area contributed by atoms with E-state index in [9.17, 15) is 28.8 Å². The van der Waals surface area contributed by atoms with Crippen molar-refractivity contribution < 1.29 is 28.8 Å². The lowest BCUT2D eigenvalue weighted by atomic mass is 9.72. The van der Waals surface area contributed by atoms with Gasteiger partial charge in [0.1, 0.15) is 0 Å². The Morgan fingerprint density at radius 3 is 1.56 bits per heavy atom. The second kappa shape index (κ2) is 5.47. The molecule has 25 heavy (non-hydrogen) atoms. The average Bonchev–Trinajstić information content (AvgIpc) is 3.03. The highest BCUT2D eigenvalue weighted by Crippen LogP contribution is 2.45. The van der Waals surface area contributed by atoms with Gasteiger partial charge in [-0.2, -0.15) is 0 Å². The molecule has 0 spiro atoms. The summed E-state index contributed by atoms with van der Waals surface area (Å²) in [4.78, 5) is 76.9. The number of carbonyl (C=O) groups excluding carboxylic acids is 6. The van der Waals surface area contributed by atoms with Crippen molar-refractivity contribution >= 4 is 35.4 Å². The maximum atomic E-state index is 12.7. The van der Waals surface area contributed by atoms with Crippen LogP contribution in [-0.2, 0) is 28.8 Å². The van der Waals surface area contributed by atoms with Gasteiger partial charge in [0.05, 0.1) is 23.7 Å². The Bertz CT molecular complexity index is 731. The minimum atomic E-state index is -1.11. The molecule has 3 saturated heterocycles. The number of imide groups is 3. The number of hydrogen-bond acceptors (Lipinski definition) is 6. The van der Waals surface area contributed by atoms with Crippen molar-refractivity contribution in [3.05, 3.63) is 0 Å². The van der Waals surface area contributed by atoms with Crippen LogP contribution in [0.3, 0.4) is 0 Å². The van der Waals surface area contributed by atoms with Gasteiger partial charge in [-0.3, -0.25) is 43.5 Å². The van der Waals surface area contributed by atoms with Crippen molar-refractivity contribution in [3.63, 3.8) is 0 Å². The average molecular weight is 349 g/mol. The Morgan fingerprint density at radius 2 is 1.12 bits per heavy atom. The van der Waals surface area contributed by atoms with Crippen LogP contribution in [0, 0.1) is 29.6 Å². The molecule has 0 aromatic rings. The monoisotopic (exact) mass is 349 g/mol. The Labute approximate surface area is 143 Å². The number of nitrogens with zero attached hydrogens (tertiary/aromatic N) is 3. The topological polar surface area (TPSA) is 112 Å². The number of amides is 6. The molecular formula is C16H19N3O6. The summed E-state index contributed by atoms with van der Waals surface area (Å²) in [5, 5.41) is 0. The minimum Gasteiger partial charge on any atom is -0.285 e. The van der Waals surface area contributed by atoms with E-state index >= 15 is 0 Å². The highest BCUT2D eigenvalue weighted by atomic mass is 16.2. The first-order valence-electron chi connectivity index (χ1n) is 8.02. The SMILES string of the molecule is C[C@H]1C(=O)N(C)C(=O)[C@H]1[C@H]1C(=O)N(C)C(=O)[C@H]1[C@@H]1CC(=O)N(C)C1=O. The Morgan fingerprint density at radius 1 is 0.640 bits per heavy atom. The highest BCUT2D eigenvalue weighted by molar-refractivity contribution is 6.13. The van der Waals surface area contributed by atoms with E-state index in [1.807, 2.05) is 0 Å². The fraction of sp³-hybridized carbons (Fsp3) is 0.625. The summed E-state index contributed by atoms with van der Waals surface area (Å²) in [6.45, 7) is 1.54. The van der Waals surface area contributed by atoms with Gasteiger partial charge in [0.25, 0.3) is 0 Å². The Kier molecular flexibility index (Phi) is 3.77. The predicted molar refractivity (Wildman–Crippen MR) is 81.1 cm³/mol. The molecule has 9 heteroatoms. The van der Waals surface area contributed by atoms with E-state index in [4.69, 9.17) is 0 Å². The second-order valence-electron chi connectivity index (χ2n) is 6.94. The summed E-state index contributed by atoms with van der Waals surface area (Å²) >= 11 is 0. The molecule has 0 N–H and O–H groups in total. The van der Waals surface area contributed by atoms with Crippen LogP contribution >= 0.6 is 0 Å². The lowest BCUT2D eigenvalue weighted by Crippen LogP contribution is -2.39. The van der Waals surface area contributed by atoms with E-state index < -0.39 is 65.0 Å². The summed E-state index contributed by atoms with van der Waals surface area (Å²) in [5.74, 6) is -8.05. The second-order valence-corrected chi connectivity index (χ2v) is 6.94. The fourth-order valence-electron chi connectivity index (χ4n) is 4.20. The van der Waals surface area contributed by atoms with Crippen LogP contribution in [0.2, 0.25) is 0 Å². The summed E-state index contributed by atoms with van der Waals surface area (Å²) in [6, 6.07) is 0. The zero-order valence-corrected chi connectivity index (χ0v) is 14.4. The van der Waals surface area contributed by atoms with Crippen LogP contribution in [0.1, 0.15) is 13.3 Å². The normalized spacial score (nSPS) is 36.5. The molecule has 6 amide bonds. The number of carbonyl (C=O) groups is 6. The molecule has 134 valence electrons. The van der Waals surface area contributed by atoms with Gasteiger partial charge < -0.3 is 0 Å². The molecule has 0 saturated carbocycles. The maximum Gasteiger partial charge on any atom is 0.233 e. The first-order valence-corrected chi connectivity index (χ1v) is 8.02. The molecule has 0 aliphatic carbocycles. The summed E-state index contributed by atoms with van der Waals surface area (Å²) in [6.07, 6.45) is -0.178. The first-order chi connectivity index (χ1) is 11.6. The van der Waals surface area contributed by atoms with E-state index in [-0.39, 0.29) is 6.42 Å². The maximum absolute atomic E-state index is 12.7. The highest BCUT2D eigenvalue weighted by Gasteiger charge is 2.61. The van der Waals surface area contributed by atoms with Crippen LogP contribution in [0.4, 0.5) is 0 Å². The largest absolute Gasteiger partial charge is 0.285 e. The summed E-state index contributed by atoms with van der Waals surface area (Å²) in [5.41, 5.74) is 0. The number of hydrogen-bond donors (Lipinski definition) is 0. The number of likely N-dealkylation sites (tertiary alicyclic amines) is 3. The van der Waals surface area contributed by atoms with Crippen LogP contribution in [0.5, 0.6) is 0 Å². The lowest BCUT2D eigenvalue weighted by molar-refractivity contribution is -0.143. The van der Waals surface area contributed by atoms with Crippen molar-refractivity contribution in [1.29, 1.82) is 0 Å². The smallest absolute Gasteiger partial charge is 0.233 e. The van der Waals surface area contributed by atoms with Crippen molar-refractivity contribution in [2.45, 2.75) is 13.3 Å². The van der Waals surface area contributed by atoms with Gasteiger partial charge in [0.15, 0.2) is 0 Å². The number of rotatable bonds is 2. The molecule has 3 aliphatic heterocycles. The summed E-state index contributed by atoms with van der Waals surface area (Å²) in [7, 11) is 3.95. The van der Waals surface area contributed by atoms with Crippen LogP contribution in [-0.4, -0.2) is 71.3 Å². The van der Waals surface area contributed by atoms with Gasteiger partial charge in [0, 0.05) is 33.5 Å². The van der Waals surface area contributed by atoms with Crippen molar-refractivity contribution in [1.82, 2.24) is 14.7 Å². The van der Waals surface area contributed by atoms with Gasteiger partial charge >= 0.3 is 0 Å². The quantitative estimate of drug-likeness (QED) is 0.559. The Balaban J connectivity index is 2.04. The van der Waals surface area contributed by atoms with E-state index in [0.29, 0.717) is 0 Å². The zero-order chi connectivity index (χ0) is 18.8. The van der Waals surface area contributed by atoms with E-state index in [2.05, 4.69) is 0 Å². The third-order valence-electron chi connectivity index (χ3n) is 5.73. The van der Waals surface area contributed by atoms with Crippen LogP contribution in [0.15, 0.2) is 0 Å². The van der Waals surface area contributed by atoms with Gasteiger partial charge in [0.2, 0.25) is 35.4 Å². The Hall–Kier alpha value is -2.58. The lowest BCUT2D eigenvalue weighted by Gasteiger charge is -2.24. The molecule has 3 rings (SSSR count). The molecule has 3 heterocycles. The molecule has 0 aromatic carbocycles. The molecule has 3 aliphatic rings. The zero-order valence-electron chi connectivity index (χ0n) is 14.4. The van der Waals surface area contributed by atoms with Crippen LogP contribution < -0.4 is 0 Å². The molecule has 3 fully saturated rings. The predicted octanol–water partition coefficient (Wildman–Crippen LogP) is -1.53. The van der Waals surface area contributed by atoms with Gasteiger partial charge in [-0.05, 0) is 0 Å². The van der Waals surface area contributed by atoms with Crippen LogP contribution in [0.25, 0.3) is 0 Å². The first kappa shape index (κ1) is 17.2. The van der Waals surface area contributed by atoms with Crippen molar-refractivity contribution in [2.75, 3.05) is 21.1 Å². The molecule has 5 atom stereocenters. The van der Waals surface area contributed by atoms with E-state index in [1.54, 1.807) is 0 Å². The van der Waals surface area contributed by atoms with Crippen molar-refractivity contribution in [2.24, 2.45) is 29.6 Å². The molecular weight excluding hydrogens is 330 g/mol. The van der Waals surface area contributed by atoms with E-state index in [1.165, 1.54) is 28.1 Å². The van der Waals surface area contributed by atoms with Gasteiger partial charge in [-0.15, -0.1) is 0 Å². The van der Waals surface area contributed by atoms with Gasteiger partial charge in [-0.25, -0.2) is 0 Å².